The number of hydrogen-bond acceptors (Lipinski definition) is 1. The van der Waals surface area contributed by atoms with Crippen molar-refractivity contribution in [2.24, 2.45) is 0 Å². The first-order valence-electron chi connectivity index (χ1n) is 7.00. The first-order valence-corrected chi connectivity index (χ1v) is 7.00. The van der Waals surface area contributed by atoms with Crippen LogP contribution in [0.4, 0.5) is 5.69 Å². The number of aryl methyl sites for hydroxylation is 1. The van der Waals surface area contributed by atoms with Crippen LogP contribution in [0.1, 0.15) is 31.9 Å². The van der Waals surface area contributed by atoms with Gasteiger partial charge in [0.15, 0.2) is 0 Å². The van der Waals surface area contributed by atoms with Crippen molar-refractivity contribution in [2.45, 2.75) is 32.6 Å². The fraction of sp³-hybridized carbons (Fsp3) is 0.278. The molecule has 0 aliphatic carbocycles. The van der Waals surface area contributed by atoms with Crippen LogP contribution >= 0.6 is 0 Å². The van der Waals surface area contributed by atoms with E-state index in [1.807, 2.05) is 62.4 Å². The van der Waals surface area contributed by atoms with Gasteiger partial charge in [-0.15, -0.1) is 0 Å². The van der Waals surface area contributed by atoms with Gasteiger partial charge in [-0.1, -0.05) is 49.4 Å². The van der Waals surface area contributed by atoms with Crippen LogP contribution in [0.3, 0.4) is 0 Å². The van der Waals surface area contributed by atoms with Crippen LogP contribution in [0.2, 0.25) is 0 Å². The molecule has 0 atom stereocenters. The molecule has 0 aliphatic rings. The molecule has 2 aromatic rings. The predicted molar refractivity (Wildman–Crippen MR) is 83.9 cm³/mol. The monoisotopic (exact) mass is 267 g/mol. The molecular weight excluding hydrogens is 246 g/mol. The molecular formula is C18H21NO. The number of carbonyl (C=O) groups excluding carboxylic acids is 1. The number of carbonyl (C=O) groups is 1. The Balaban J connectivity index is 2.19. The normalized spacial score (nSPS) is 11.2. The molecule has 2 rings (SSSR count). The van der Waals surface area contributed by atoms with Crippen molar-refractivity contribution in [2.75, 3.05) is 5.32 Å². The summed E-state index contributed by atoms with van der Waals surface area (Å²) >= 11 is 0. The topological polar surface area (TPSA) is 29.1 Å². The van der Waals surface area contributed by atoms with Gasteiger partial charge in [0.05, 0.1) is 5.41 Å². The van der Waals surface area contributed by atoms with E-state index in [4.69, 9.17) is 0 Å². The van der Waals surface area contributed by atoms with E-state index in [1.165, 1.54) is 5.56 Å². The molecule has 2 heteroatoms. The summed E-state index contributed by atoms with van der Waals surface area (Å²) in [6, 6.07) is 17.9. The third-order valence-corrected chi connectivity index (χ3v) is 3.66. The van der Waals surface area contributed by atoms with E-state index in [0.29, 0.717) is 0 Å². The minimum Gasteiger partial charge on any atom is -0.325 e. The maximum Gasteiger partial charge on any atom is 0.234 e. The Morgan fingerprint density at radius 3 is 2.40 bits per heavy atom. The van der Waals surface area contributed by atoms with Crippen LogP contribution in [0.25, 0.3) is 0 Å². The summed E-state index contributed by atoms with van der Waals surface area (Å²) in [5, 5.41) is 3.02. The molecule has 0 unspecified atom stereocenters. The second kappa shape index (κ2) is 5.91. The lowest BCUT2D eigenvalue weighted by Crippen LogP contribution is -2.34. The molecule has 0 saturated heterocycles. The minimum absolute atomic E-state index is 0.0111. The Kier molecular flexibility index (Phi) is 4.23. The smallest absolute Gasteiger partial charge is 0.234 e. The van der Waals surface area contributed by atoms with Gasteiger partial charge in [-0.3, -0.25) is 4.79 Å². The largest absolute Gasteiger partial charge is 0.325 e. The molecule has 0 saturated carbocycles. The number of hydrogen-bond donors (Lipinski definition) is 1. The van der Waals surface area contributed by atoms with Crippen LogP contribution in [0, 0.1) is 0 Å². The quantitative estimate of drug-likeness (QED) is 0.885. The molecule has 20 heavy (non-hydrogen) atoms. The molecule has 1 N–H and O–H groups in total. The van der Waals surface area contributed by atoms with Crippen LogP contribution in [0.15, 0.2) is 54.6 Å². The fourth-order valence-electron chi connectivity index (χ4n) is 2.14. The molecule has 1 amide bonds. The lowest BCUT2D eigenvalue weighted by molar-refractivity contribution is -0.120. The van der Waals surface area contributed by atoms with Gasteiger partial charge >= 0.3 is 0 Å². The average Bonchev–Trinajstić information content (AvgIpc) is 2.48. The van der Waals surface area contributed by atoms with Crippen LogP contribution < -0.4 is 5.32 Å². The van der Waals surface area contributed by atoms with E-state index in [1.54, 1.807) is 0 Å². The van der Waals surface area contributed by atoms with Crippen LogP contribution in [-0.2, 0) is 16.6 Å². The second-order valence-electron chi connectivity index (χ2n) is 5.50. The van der Waals surface area contributed by atoms with Gasteiger partial charge < -0.3 is 5.32 Å². The Morgan fingerprint density at radius 2 is 1.75 bits per heavy atom. The van der Waals surface area contributed by atoms with Gasteiger partial charge in [0.25, 0.3) is 0 Å². The molecule has 0 aromatic heterocycles. The van der Waals surface area contributed by atoms with E-state index < -0.39 is 5.41 Å². The lowest BCUT2D eigenvalue weighted by atomic mass is 9.83. The summed E-state index contributed by atoms with van der Waals surface area (Å²) < 4.78 is 0. The summed E-state index contributed by atoms with van der Waals surface area (Å²) in [6.07, 6.45) is 0.964. The van der Waals surface area contributed by atoms with Gasteiger partial charge in [-0.2, -0.15) is 0 Å². The van der Waals surface area contributed by atoms with E-state index in [0.717, 1.165) is 17.7 Å². The Hall–Kier alpha value is -2.09. The molecule has 0 radical (unpaired) electrons. The van der Waals surface area contributed by atoms with Gasteiger partial charge in [0.1, 0.15) is 0 Å². The molecule has 0 aliphatic heterocycles. The van der Waals surface area contributed by atoms with Gasteiger partial charge in [0.2, 0.25) is 5.91 Å². The number of rotatable bonds is 4. The van der Waals surface area contributed by atoms with Gasteiger partial charge in [0, 0.05) is 5.69 Å². The SMILES string of the molecule is CCc1cccc(NC(=O)C(C)(C)c2ccccc2)c1. The summed E-state index contributed by atoms with van der Waals surface area (Å²) in [5.41, 5.74) is 2.55. The highest BCUT2D eigenvalue weighted by molar-refractivity contribution is 5.98. The number of anilines is 1. The number of amides is 1. The molecule has 0 fully saturated rings. The molecule has 2 nitrogen and oxygen atoms in total. The third kappa shape index (κ3) is 3.08. The van der Waals surface area contributed by atoms with Crippen molar-refractivity contribution < 1.29 is 4.79 Å². The van der Waals surface area contributed by atoms with Gasteiger partial charge in [-0.25, -0.2) is 0 Å². The van der Waals surface area contributed by atoms with E-state index in [-0.39, 0.29) is 5.91 Å². The number of nitrogens with one attached hydrogen (secondary N) is 1. The van der Waals surface area contributed by atoms with Crippen molar-refractivity contribution >= 4 is 11.6 Å². The first kappa shape index (κ1) is 14.3. The summed E-state index contributed by atoms with van der Waals surface area (Å²) in [7, 11) is 0. The van der Waals surface area contributed by atoms with Gasteiger partial charge in [-0.05, 0) is 43.5 Å². The lowest BCUT2D eigenvalue weighted by Gasteiger charge is -2.24. The van der Waals surface area contributed by atoms with Crippen molar-refractivity contribution in [3.05, 3.63) is 65.7 Å². The van der Waals surface area contributed by atoms with Crippen molar-refractivity contribution in [3.63, 3.8) is 0 Å². The highest BCUT2D eigenvalue weighted by atomic mass is 16.2. The Bertz CT molecular complexity index is 587. The van der Waals surface area contributed by atoms with Crippen LogP contribution in [-0.4, -0.2) is 5.91 Å². The predicted octanol–water partition coefficient (Wildman–Crippen LogP) is 4.17. The van der Waals surface area contributed by atoms with E-state index in [2.05, 4.69) is 18.3 Å². The maximum atomic E-state index is 12.5. The number of benzene rings is 2. The Labute approximate surface area is 120 Å². The summed E-state index contributed by atoms with van der Waals surface area (Å²) in [5.74, 6) is 0.0111. The second-order valence-corrected chi connectivity index (χ2v) is 5.50. The zero-order chi connectivity index (χ0) is 14.6. The average molecular weight is 267 g/mol. The highest BCUT2D eigenvalue weighted by Crippen LogP contribution is 2.25. The molecule has 0 heterocycles. The molecule has 0 spiro atoms. The van der Waals surface area contributed by atoms with Crippen molar-refractivity contribution in [1.82, 2.24) is 0 Å². The standard InChI is InChI=1S/C18H21NO/c1-4-14-9-8-12-16(13-14)19-17(20)18(2,3)15-10-6-5-7-11-15/h5-13H,4H2,1-3H3,(H,19,20). The van der Waals surface area contributed by atoms with Crippen molar-refractivity contribution in [1.29, 1.82) is 0 Å². The zero-order valence-electron chi connectivity index (χ0n) is 12.3. The fourth-order valence-corrected chi connectivity index (χ4v) is 2.14. The summed E-state index contributed by atoms with van der Waals surface area (Å²) in [4.78, 5) is 12.5. The van der Waals surface area contributed by atoms with Crippen LogP contribution in [0.5, 0.6) is 0 Å². The van der Waals surface area contributed by atoms with Crippen molar-refractivity contribution in [3.8, 4) is 0 Å². The highest BCUT2D eigenvalue weighted by Gasteiger charge is 2.29. The van der Waals surface area contributed by atoms with E-state index in [9.17, 15) is 4.79 Å². The van der Waals surface area contributed by atoms with E-state index >= 15 is 0 Å². The minimum atomic E-state index is -0.552. The maximum absolute atomic E-state index is 12.5. The summed E-state index contributed by atoms with van der Waals surface area (Å²) in [6.45, 7) is 6.00. The third-order valence-electron chi connectivity index (χ3n) is 3.66. The molecule has 104 valence electrons. The molecule has 2 aromatic carbocycles. The zero-order valence-corrected chi connectivity index (χ0v) is 12.3. The molecule has 0 bridgehead atoms. The Morgan fingerprint density at radius 1 is 1.05 bits per heavy atom. The first-order chi connectivity index (χ1) is 9.54.